The smallest absolute Gasteiger partial charge is 0.359 e. The molecule has 2 heterocycles. The Morgan fingerprint density at radius 1 is 1.30 bits per heavy atom. The summed E-state index contributed by atoms with van der Waals surface area (Å²) in [6.45, 7) is 0.865. The Kier molecular flexibility index (Phi) is 3.71. The molecule has 1 aromatic heterocycles. The number of amides is 1. The number of aromatic amines is 1. The third-order valence-electron chi connectivity index (χ3n) is 4.01. The lowest BCUT2D eigenvalue weighted by Crippen LogP contribution is -2.18. The van der Waals surface area contributed by atoms with Gasteiger partial charge in [0.25, 0.3) is 0 Å². The van der Waals surface area contributed by atoms with Crippen molar-refractivity contribution in [3.05, 3.63) is 17.0 Å². The zero-order valence-corrected chi connectivity index (χ0v) is 11.4. The molecule has 108 valence electrons. The molecule has 2 N–H and O–H groups in total. The molecule has 1 saturated heterocycles. The highest BCUT2D eigenvalue weighted by molar-refractivity contribution is 5.89. The van der Waals surface area contributed by atoms with E-state index < -0.39 is 0 Å². The van der Waals surface area contributed by atoms with E-state index >= 15 is 0 Å². The van der Waals surface area contributed by atoms with Crippen molar-refractivity contribution in [1.82, 2.24) is 15.5 Å². The van der Waals surface area contributed by atoms with E-state index in [0.29, 0.717) is 18.7 Å². The molecule has 1 aliphatic carbocycles. The lowest BCUT2D eigenvalue weighted by atomic mass is 10.1. The third-order valence-corrected chi connectivity index (χ3v) is 4.01. The van der Waals surface area contributed by atoms with Gasteiger partial charge in [-0.2, -0.15) is 5.10 Å². The van der Waals surface area contributed by atoms with Crippen molar-refractivity contribution in [3.63, 3.8) is 0 Å². The molecule has 0 saturated carbocycles. The summed E-state index contributed by atoms with van der Waals surface area (Å²) in [7, 11) is 0. The number of fused-ring (bicyclic) bond motifs is 1. The van der Waals surface area contributed by atoms with Gasteiger partial charge < -0.3 is 10.1 Å². The van der Waals surface area contributed by atoms with E-state index in [4.69, 9.17) is 4.74 Å². The van der Waals surface area contributed by atoms with Crippen molar-refractivity contribution in [2.75, 3.05) is 13.2 Å². The summed E-state index contributed by atoms with van der Waals surface area (Å²) in [6.07, 6.45) is 5.70. The summed E-state index contributed by atoms with van der Waals surface area (Å²) < 4.78 is 5.31. The Morgan fingerprint density at radius 2 is 2.15 bits per heavy atom. The zero-order valence-electron chi connectivity index (χ0n) is 11.4. The fourth-order valence-electron chi connectivity index (χ4n) is 2.87. The molecule has 3 rings (SSSR count). The van der Waals surface area contributed by atoms with Gasteiger partial charge in [0.05, 0.1) is 6.61 Å². The van der Waals surface area contributed by atoms with Crippen LogP contribution in [0.15, 0.2) is 0 Å². The molecule has 0 radical (unpaired) electrons. The minimum atomic E-state index is -0.372. The Bertz CT molecular complexity index is 524. The number of ether oxygens (including phenoxy) is 1. The van der Waals surface area contributed by atoms with Crippen molar-refractivity contribution in [3.8, 4) is 0 Å². The van der Waals surface area contributed by atoms with Crippen LogP contribution in [0.2, 0.25) is 0 Å². The van der Waals surface area contributed by atoms with Crippen LogP contribution in [0.5, 0.6) is 0 Å². The number of esters is 1. The highest BCUT2D eigenvalue weighted by Crippen LogP contribution is 2.22. The van der Waals surface area contributed by atoms with Gasteiger partial charge in [0.2, 0.25) is 5.91 Å². The fraction of sp³-hybridized carbons (Fsp3) is 0.643. The van der Waals surface area contributed by atoms with E-state index in [9.17, 15) is 9.59 Å². The molecule has 2 aliphatic rings. The first kappa shape index (κ1) is 13.1. The molecule has 1 aliphatic heterocycles. The van der Waals surface area contributed by atoms with Crippen LogP contribution in [0.1, 0.15) is 47.4 Å². The summed E-state index contributed by atoms with van der Waals surface area (Å²) in [4.78, 5) is 23.2. The molecular weight excluding hydrogens is 258 g/mol. The van der Waals surface area contributed by atoms with Gasteiger partial charge in [-0.15, -0.1) is 0 Å². The molecule has 6 heteroatoms. The number of hydrogen-bond acceptors (Lipinski definition) is 4. The van der Waals surface area contributed by atoms with E-state index in [1.807, 2.05) is 0 Å². The third kappa shape index (κ3) is 2.69. The number of rotatable bonds is 3. The number of nitrogens with one attached hydrogen (secondary N) is 2. The molecule has 1 amide bonds. The van der Waals surface area contributed by atoms with Crippen LogP contribution < -0.4 is 5.32 Å². The Hall–Kier alpha value is -1.85. The van der Waals surface area contributed by atoms with Gasteiger partial charge in [-0.1, -0.05) is 6.42 Å². The van der Waals surface area contributed by atoms with Crippen molar-refractivity contribution in [2.24, 2.45) is 5.92 Å². The van der Waals surface area contributed by atoms with Crippen LogP contribution in [-0.4, -0.2) is 35.2 Å². The molecule has 6 nitrogen and oxygen atoms in total. The number of H-pyrrole nitrogens is 1. The molecular formula is C14H19N3O3. The first-order chi connectivity index (χ1) is 9.74. The quantitative estimate of drug-likeness (QED) is 0.637. The molecule has 0 aromatic carbocycles. The largest absolute Gasteiger partial charge is 0.461 e. The van der Waals surface area contributed by atoms with Crippen LogP contribution in [0.3, 0.4) is 0 Å². The number of hydrogen-bond donors (Lipinski definition) is 2. The van der Waals surface area contributed by atoms with Gasteiger partial charge in [-0.05, 0) is 25.7 Å². The van der Waals surface area contributed by atoms with Crippen LogP contribution >= 0.6 is 0 Å². The first-order valence-corrected chi connectivity index (χ1v) is 7.24. The molecule has 0 unspecified atom stereocenters. The topological polar surface area (TPSA) is 84.1 Å². The molecule has 0 bridgehead atoms. The maximum Gasteiger partial charge on any atom is 0.359 e. The van der Waals surface area contributed by atoms with Crippen LogP contribution in [0, 0.1) is 5.92 Å². The summed E-state index contributed by atoms with van der Waals surface area (Å²) >= 11 is 0. The van der Waals surface area contributed by atoms with Crippen LogP contribution in [0.4, 0.5) is 0 Å². The highest BCUT2D eigenvalue weighted by Gasteiger charge is 2.25. The normalized spacial score (nSPS) is 22.0. The summed E-state index contributed by atoms with van der Waals surface area (Å²) in [5.41, 5.74) is 2.53. The summed E-state index contributed by atoms with van der Waals surface area (Å²) in [6, 6.07) is 0. The second-order valence-corrected chi connectivity index (χ2v) is 5.56. The van der Waals surface area contributed by atoms with E-state index in [0.717, 1.165) is 36.9 Å². The molecule has 1 atom stereocenters. The standard InChI is InChI=1S/C14H19N3O3/c18-12-6-9(7-15-12)8-20-14(19)13-10-4-2-1-3-5-11(10)16-17-13/h9H,1-8H2,(H,15,18)(H,16,17)/t9-/m1/s1. The van der Waals surface area contributed by atoms with Crippen molar-refractivity contribution in [1.29, 1.82) is 0 Å². The van der Waals surface area contributed by atoms with Gasteiger partial charge in [0, 0.05) is 30.1 Å². The lowest BCUT2D eigenvalue weighted by Gasteiger charge is -2.08. The second kappa shape index (κ2) is 5.64. The van der Waals surface area contributed by atoms with Crippen LogP contribution in [0.25, 0.3) is 0 Å². The molecule has 1 fully saturated rings. The van der Waals surface area contributed by atoms with E-state index in [1.165, 1.54) is 6.42 Å². The highest BCUT2D eigenvalue weighted by atomic mass is 16.5. The molecule has 1 aromatic rings. The maximum atomic E-state index is 12.1. The van der Waals surface area contributed by atoms with Crippen molar-refractivity contribution in [2.45, 2.75) is 38.5 Å². The Labute approximate surface area is 117 Å². The Balaban J connectivity index is 1.62. The zero-order chi connectivity index (χ0) is 13.9. The number of carbonyl (C=O) groups is 2. The number of carbonyl (C=O) groups excluding carboxylic acids is 2. The van der Waals surface area contributed by atoms with Crippen molar-refractivity contribution < 1.29 is 14.3 Å². The summed E-state index contributed by atoms with van der Waals surface area (Å²) in [5.74, 6) is -0.257. The minimum absolute atomic E-state index is 0.0275. The average Bonchev–Trinajstić information content (AvgIpc) is 2.96. The average molecular weight is 277 g/mol. The van der Waals surface area contributed by atoms with Crippen LogP contribution in [-0.2, 0) is 22.4 Å². The van der Waals surface area contributed by atoms with E-state index in [-0.39, 0.29) is 24.4 Å². The summed E-state index contributed by atoms with van der Waals surface area (Å²) in [5, 5.41) is 9.82. The first-order valence-electron chi connectivity index (χ1n) is 7.24. The number of aryl methyl sites for hydroxylation is 1. The molecule has 0 spiro atoms. The van der Waals surface area contributed by atoms with Gasteiger partial charge >= 0.3 is 5.97 Å². The molecule has 20 heavy (non-hydrogen) atoms. The predicted molar refractivity (Wildman–Crippen MR) is 71.2 cm³/mol. The van der Waals surface area contributed by atoms with E-state index in [1.54, 1.807) is 0 Å². The maximum absolute atomic E-state index is 12.1. The van der Waals surface area contributed by atoms with Gasteiger partial charge in [-0.3, -0.25) is 9.89 Å². The SMILES string of the molecule is O=C1C[C@@H](COC(=O)c2n[nH]c3c2CCCCC3)CN1. The number of nitrogens with zero attached hydrogens (tertiary/aromatic N) is 1. The monoisotopic (exact) mass is 277 g/mol. The number of aromatic nitrogens is 2. The predicted octanol–water partition coefficient (Wildman–Crippen LogP) is 0.972. The Morgan fingerprint density at radius 3 is 2.95 bits per heavy atom. The second-order valence-electron chi connectivity index (χ2n) is 5.56. The van der Waals surface area contributed by atoms with Gasteiger partial charge in [-0.25, -0.2) is 4.79 Å². The minimum Gasteiger partial charge on any atom is -0.461 e. The fourth-order valence-corrected chi connectivity index (χ4v) is 2.87. The van der Waals surface area contributed by atoms with E-state index in [2.05, 4.69) is 15.5 Å². The lowest BCUT2D eigenvalue weighted by molar-refractivity contribution is -0.119. The van der Waals surface area contributed by atoms with Crippen molar-refractivity contribution >= 4 is 11.9 Å². The van der Waals surface area contributed by atoms with Gasteiger partial charge in [0.15, 0.2) is 5.69 Å². The van der Waals surface area contributed by atoms with Gasteiger partial charge in [0.1, 0.15) is 0 Å².